The van der Waals surface area contributed by atoms with Crippen LogP contribution >= 0.6 is 0 Å². The summed E-state index contributed by atoms with van der Waals surface area (Å²) in [5.74, 6) is 1.50. The number of aromatic nitrogens is 1. The quantitative estimate of drug-likeness (QED) is 0.878. The smallest absolute Gasteiger partial charge is 0.140 e. The van der Waals surface area contributed by atoms with E-state index in [-0.39, 0.29) is 12.1 Å². The maximum atomic E-state index is 6.18. The number of methoxy groups -OCH3 is 1. The maximum Gasteiger partial charge on any atom is 0.140 e. The summed E-state index contributed by atoms with van der Waals surface area (Å²) >= 11 is 0. The Morgan fingerprint density at radius 1 is 1.20 bits per heavy atom. The van der Waals surface area contributed by atoms with Crippen LogP contribution in [-0.2, 0) is 0 Å². The maximum absolute atomic E-state index is 6.18. The first-order valence-corrected chi connectivity index (χ1v) is 6.70. The Morgan fingerprint density at radius 3 is 2.65 bits per heavy atom. The van der Waals surface area contributed by atoms with Gasteiger partial charge >= 0.3 is 0 Å². The summed E-state index contributed by atoms with van der Waals surface area (Å²) in [5, 5.41) is 0. The largest absolute Gasteiger partial charge is 0.497 e. The summed E-state index contributed by atoms with van der Waals surface area (Å²) < 4.78 is 11.3. The predicted molar refractivity (Wildman–Crippen MR) is 78.9 cm³/mol. The first-order chi connectivity index (χ1) is 9.74. The van der Waals surface area contributed by atoms with Crippen molar-refractivity contribution < 1.29 is 9.47 Å². The molecule has 2 atom stereocenters. The monoisotopic (exact) mass is 272 g/mol. The molecule has 0 aliphatic rings. The Balaban J connectivity index is 2.24. The number of nitrogens with zero attached hydrogens (tertiary/aromatic N) is 1. The van der Waals surface area contributed by atoms with Gasteiger partial charge in [-0.1, -0.05) is 19.1 Å². The molecule has 0 radical (unpaired) electrons. The van der Waals surface area contributed by atoms with Gasteiger partial charge in [0, 0.05) is 30.1 Å². The molecule has 0 aliphatic heterocycles. The molecule has 1 aromatic carbocycles. The van der Waals surface area contributed by atoms with Gasteiger partial charge in [0.05, 0.1) is 7.11 Å². The van der Waals surface area contributed by atoms with Crippen molar-refractivity contribution in [1.82, 2.24) is 4.98 Å². The zero-order valence-electron chi connectivity index (χ0n) is 11.8. The number of hydrogen-bond donors (Lipinski definition) is 1. The van der Waals surface area contributed by atoms with Crippen LogP contribution < -0.4 is 15.2 Å². The van der Waals surface area contributed by atoms with Gasteiger partial charge in [-0.05, 0) is 24.6 Å². The molecule has 106 valence electrons. The molecule has 2 unspecified atom stereocenters. The number of ether oxygens (including phenoxy) is 2. The van der Waals surface area contributed by atoms with Crippen molar-refractivity contribution in [1.29, 1.82) is 0 Å². The van der Waals surface area contributed by atoms with E-state index >= 15 is 0 Å². The second-order valence-corrected chi connectivity index (χ2v) is 4.58. The second-order valence-electron chi connectivity index (χ2n) is 4.58. The van der Waals surface area contributed by atoms with Gasteiger partial charge in [-0.3, -0.25) is 4.98 Å². The lowest BCUT2D eigenvalue weighted by Crippen LogP contribution is -2.31. The third-order valence-corrected chi connectivity index (χ3v) is 3.18. The van der Waals surface area contributed by atoms with Crippen LogP contribution in [0.2, 0.25) is 0 Å². The number of rotatable bonds is 6. The average Bonchev–Trinajstić information content (AvgIpc) is 2.53. The molecule has 4 heteroatoms. The van der Waals surface area contributed by atoms with Gasteiger partial charge in [0.2, 0.25) is 0 Å². The highest BCUT2D eigenvalue weighted by Gasteiger charge is 2.20. The first kappa shape index (κ1) is 14.3. The van der Waals surface area contributed by atoms with Gasteiger partial charge in [0.25, 0.3) is 0 Å². The Kier molecular flexibility index (Phi) is 4.96. The van der Waals surface area contributed by atoms with Gasteiger partial charge in [-0.2, -0.15) is 0 Å². The van der Waals surface area contributed by atoms with Crippen molar-refractivity contribution >= 4 is 0 Å². The molecule has 20 heavy (non-hydrogen) atoms. The Hall–Kier alpha value is -2.07. The minimum absolute atomic E-state index is 0.0922. The van der Waals surface area contributed by atoms with Crippen molar-refractivity contribution in [2.24, 2.45) is 5.73 Å². The van der Waals surface area contributed by atoms with Crippen molar-refractivity contribution in [2.75, 3.05) is 7.11 Å². The number of benzene rings is 1. The Bertz CT molecular complexity index is 531. The average molecular weight is 272 g/mol. The van der Waals surface area contributed by atoms with Gasteiger partial charge in [-0.25, -0.2) is 0 Å². The number of nitrogens with two attached hydrogens (primary N) is 1. The highest BCUT2D eigenvalue weighted by atomic mass is 16.5. The number of hydrogen-bond acceptors (Lipinski definition) is 4. The lowest BCUT2D eigenvalue weighted by molar-refractivity contribution is 0.170. The molecule has 0 spiro atoms. The van der Waals surface area contributed by atoms with E-state index in [2.05, 4.69) is 4.98 Å². The van der Waals surface area contributed by atoms with Gasteiger partial charge in [-0.15, -0.1) is 0 Å². The van der Waals surface area contributed by atoms with Crippen LogP contribution in [0.15, 0.2) is 48.8 Å². The topological polar surface area (TPSA) is 57.4 Å². The van der Waals surface area contributed by atoms with E-state index in [1.165, 1.54) is 0 Å². The molecule has 0 saturated heterocycles. The van der Waals surface area contributed by atoms with Crippen molar-refractivity contribution in [3.63, 3.8) is 0 Å². The lowest BCUT2D eigenvalue weighted by atomic mass is 10.0. The van der Waals surface area contributed by atoms with Crippen LogP contribution in [0.5, 0.6) is 11.5 Å². The zero-order valence-corrected chi connectivity index (χ0v) is 11.8. The summed E-state index contributed by atoms with van der Waals surface area (Å²) in [6.07, 6.45) is 4.13. The van der Waals surface area contributed by atoms with Crippen LogP contribution in [-0.4, -0.2) is 18.1 Å². The minimum atomic E-state index is -0.221. The van der Waals surface area contributed by atoms with Crippen LogP contribution in [0.1, 0.15) is 25.0 Å². The second kappa shape index (κ2) is 6.91. The van der Waals surface area contributed by atoms with E-state index in [9.17, 15) is 0 Å². The minimum Gasteiger partial charge on any atom is -0.497 e. The van der Waals surface area contributed by atoms with Crippen molar-refractivity contribution in [2.45, 2.75) is 25.5 Å². The van der Waals surface area contributed by atoms with E-state index in [0.29, 0.717) is 0 Å². The van der Waals surface area contributed by atoms with Gasteiger partial charge in [0.15, 0.2) is 0 Å². The summed E-state index contributed by atoms with van der Waals surface area (Å²) in [5.41, 5.74) is 7.16. The molecule has 2 N–H and O–H groups in total. The standard InChI is InChI=1S/C16H20N2O2/c1-3-15(17)16(12-6-5-9-18-11-12)20-14-8-4-7-13(10-14)19-2/h4-11,15-16H,3,17H2,1-2H3. The zero-order chi connectivity index (χ0) is 14.4. The molecular weight excluding hydrogens is 252 g/mol. The molecule has 1 heterocycles. The Labute approximate surface area is 119 Å². The van der Waals surface area contributed by atoms with Crippen LogP contribution in [0.3, 0.4) is 0 Å². The summed E-state index contributed by atoms with van der Waals surface area (Å²) in [7, 11) is 1.63. The molecular formula is C16H20N2O2. The Morgan fingerprint density at radius 2 is 2.00 bits per heavy atom. The van der Waals surface area contributed by atoms with Crippen LogP contribution in [0.25, 0.3) is 0 Å². The third kappa shape index (κ3) is 3.48. The molecule has 1 aromatic heterocycles. The normalized spacial score (nSPS) is 13.6. The van der Waals surface area contributed by atoms with Crippen LogP contribution in [0.4, 0.5) is 0 Å². The molecule has 0 saturated carbocycles. The van der Waals surface area contributed by atoms with Gasteiger partial charge in [0.1, 0.15) is 17.6 Å². The summed E-state index contributed by atoms with van der Waals surface area (Å²) in [4.78, 5) is 4.14. The highest BCUT2D eigenvalue weighted by Crippen LogP contribution is 2.27. The summed E-state index contributed by atoms with van der Waals surface area (Å²) in [6.45, 7) is 2.04. The van der Waals surface area contributed by atoms with Crippen molar-refractivity contribution in [3.05, 3.63) is 54.4 Å². The molecule has 0 aliphatic carbocycles. The molecule has 0 bridgehead atoms. The van der Waals surface area contributed by atoms with E-state index in [1.807, 2.05) is 43.3 Å². The predicted octanol–water partition coefficient (Wildman–Crippen LogP) is 2.95. The SMILES string of the molecule is CCC(N)C(Oc1cccc(OC)c1)c1cccnc1. The fourth-order valence-electron chi connectivity index (χ4n) is 1.98. The van der Waals surface area contributed by atoms with Crippen molar-refractivity contribution in [3.8, 4) is 11.5 Å². The fraction of sp³-hybridized carbons (Fsp3) is 0.312. The van der Waals surface area contributed by atoms with E-state index < -0.39 is 0 Å². The molecule has 2 rings (SSSR count). The lowest BCUT2D eigenvalue weighted by Gasteiger charge is -2.24. The molecule has 2 aromatic rings. The first-order valence-electron chi connectivity index (χ1n) is 6.70. The molecule has 0 fully saturated rings. The van der Waals surface area contributed by atoms with E-state index in [1.54, 1.807) is 19.5 Å². The molecule has 0 amide bonds. The summed E-state index contributed by atoms with van der Waals surface area (Å²) in [6, 6.07) is 11.3. The van der Waals surface area contributed by atoms with E-state index in [0.717, 1.165) is 23.5 Å². The number of pyridine rings is 1. The van der Waals surface area contributed by atoms with Crippen LogP contribution in [0, 0.1) is 0 Å². The van der Waals surface area contributed by atoms with Gasteiger partial charge < -0.3 is 15.2 Å². The molecule has 4 nitrogen and oxygen atoms in total. The highest BCUT2D eigenvalue weighted by molar-refractivity contribution is 5.33. The van der Waals surface area contributed by atoms with E-state index in [4.69, 9.17) is 15.2 Å². The third-order valence-electron chi connectivity index (χ3n) is 3.18. The fourth-order valence-corrected chi connectivity index (χ4v) is 1.98.